The van der Waals surface area contributed by atoms with Crippen molar-refractivity contribution in [3.63, 3.8) is 0 Å². The van der Waals surface area contributed by atoms with Gasteiger partial charge in [-0.15, -0.1) is 0 Å². The SMILES string of the molecule is O=CCCc1ccc(Br)cn1. The van der Waals surface area contributed by atoms with Crippen molar-refractivity contribution in [1.29, 1.82) is 0 Å². The number of pyridine rings is 1. The molecule has 0 radical (unpaired) electrons. The Morgan fingerprint density at radius 1 is 1.55 bits per heavy atom. The Morgan fingerprint density at radius 3 is 2.91 bits per heavy atom. The van der Waals surface area contributed by atoms with E-state index in [2.05, 4.69) is 20.9 Å². The van der Waals surface area contributed by atoms with Gasteiger partial charge in [0.05, 0.1) is 0 Å². The van der Waals surface area contributed by atoms with Gasteiger partial charge in [-0.2, -0.15) is 0 Å². The lowest BCUT2D eigenvalue weighted by atomic mass is 10.2. The Bertz CT molecular complexity index is 232. The number of aryl methyl sites for hydroxylation is 1. The predicted molar refractivity (Wildman–Crippen MR) is 46.3 cm³/mol. The summed E-state index contributed by atoms with van der Waals surface area (Å²) in [5.41, 5.74) is 0.959. The zero-order valence-electron chi connectivity index (χ0n) is 5.96. The molecule has 0 N–H and O–H groups in total. The van der Waals surface area contributed by atoms with E-state index in [9.17, 15) is 4.79 Å². The number of carbonyl (C=O) groups is 1. The van der Waals surface area contributed by atoms with Crippen LogP contribution in [0.5, 0.6) is 0 Å². The van der Waals surface area contributed by atoms with Gasteiger partial charge in [0.1, 0.15) is 6.29 Å². The number of aromatic nitrogens is 1. The average Bonchev–Trinajstić information content (AvgIpc) is 2.04. The van der Waals surface area contributed by atoms with Crippen molar-refractivity contribution in [3.8, 4) is 0 Å². The smallest absolute Gasteiger partial charge is 0.120 e. The van der Waals surface area contributed by atoms with Crippen molar-refractivity contribution in [3.05, 3.63) is 28.5 Å². The van der Waals surface area contributed by atoms with Crippen LogP contribution in [-0.4, -0.2) is 11.3 Å². The molecule has 0 saturated carbocycles. The number of hydrogen-bond acceptors (Lipinski definition) is 2. The van der Waals surface area contributed by atoms with E-state index in [1.54, 1.807) is 6.20 Å². The minimum Gasteiger partial charge on any atom is -0.303 e. The molecule has 0 unspecified atom stereocenters. The van der Waals surface area contributed by atoms with Crippen LogP contribution in [0.15, 0.2) is 22.8 Å². The van der Waals surface area contributed by atoms with Crippen LogP contribution in [0.25, 0.3) is 0 Å². The van der Waals surface area contributed by atoms with Crippen LogP contribution in [-0.2, 0) is 11.2 Å². The van der Waals surface area contributed by atoms with Crippen molar-refractivity contribution in [2.75, 3.05) is 0 Å². The van der Waals surface area contributed by atoms with Crippen molar-refractivity contribution in [1.82, 2.24) is 4.98 Å². The topological polar surface area (TPSA) is 30.0 Å². The molecule has 58 valence electrons. The van der Waals surface area contributed by atoms with Gasteiger partial charge >= 0.3 is 0 Å². The third-order valence-corrected chi connectivity index (χ3v) is 1.78. The van der Waals surface area contributed by atoms with Crippen LogP contribution >= 0.6 is 15.9 Å². The standard InChI is InChI=1S/C8H8BrNO/c9-7-3-4-8(10-6-7)2-1-5-11/h3-6H,1-2H2. The van der Waals surface area contributed by atoms with Gasteiger partial charge in [-0.1, -0.05) is 0 Å². The molecule has 0 aliphatic rings. The number of carbonyl (C=O) groups excluding carboxylic acids is 1. The van der Waals surface area contributed by atoms with Crippen LogP contribution < -0.4 is 0 Å². The third-order valence-electron chi connectivity index (χ3n) is 1.31. The molecule has 0 atom stereocenters. The van der Waals surface area contributed by atoms with Crippen LogP contribution in [0.1, 0.15) is 12.1 Å². The molecular weight excluding hydrogens is 206 g/mol. The van der Waals surface area contributed by atoms with Gasteiger partial charge in [0, 0.05) is 22.8 Å². The first kappa shape index (κ1) is 8.40. The lowest BCUT2D eigenvalue weighted by Gasteiger charge is -1.95. The second-order valence-corrected chi connectivity index (χ2v) is 3.09. The Morgan fingerprint density at radius 2 is 2.36 bits per heavy atom. The van der Waals surface area contributed by atoms with Crippen molar-refractivity contribution >= 4 is 22.2 Å². The number of nitrogens with zero attached hydrogens (tertiary/aromatic N) is 1. The summed E-state index contributed by atoms with van der Waals surface area (Å²) in [6.45, 7) is 0. The fourth-order valence-electron chi connectivity index (χ4n) is 0.761. The summed E-state index contributed by atoms with van der Waals surface area (Å²) >= 11 is 3.28. The molecule has 0 aliphatic heterocycles. The highest BCUT2D eigenvalue weighted by Crippen LogP contribution is 2.07. The highest BCUT2D eigenvalue weighted by atomic mass is 79.9. The largest absolute Gasteiger partial charge is 0.303 e. The molecule has 0 amide bonds. The zero-order chi connectivity index (χ0) is 8.10. The van der Waals surface area contributed by atoms with Crippen LogP contribution in [0.3, 0.4) is 0 Å². The lowest BCUT2D eigenvalue weighted by molar-refractivity contribution is -0.107. The molecule has 1 heterocycles. The molecule has 2 nitrogen and oxygen atoms in total. The quantitative estimate of drug-likeness (QED) is 0.720. The Kier molecular flexibility index (Phi) is 3.23. The highest BCUT2D eigenvalue weighted by molar-refractivity contribution is 9.10. The van der Waals surface area contributed by atoms with E-state index in [0.29, 0.717) is 6.42 Å². The second-order valence-electron chi connectivity index (χ2n) is 2.17. The van der Waals surface area contributed by atoms with Crippen LogP contribution in [0, 0.1) is 0 Å². The van der Waals surface area contributed by atoms with E-state index in [-0.39, 0.29) is 0 Å². The minimum atomic E-state index is 0.550. The molecule has 0 bridgehead atoms. The summed E-state index contributed by atoms with van der Waals surface area (Å²) < 4.78 is 0.965. The van der Waals surface area contributed by atoms with Crippen LogP contribution in [0.2, 0.25) is 0 Å². The van der Waals surface area contributed by atoms with E-state index in [4.69, 9.17) is 0 Å². The minimum absolute atomic E-state index is 0.550. The monoisotopic (exact) mass is 213 g/mol. The fraction of sp³-hybridized carbons (Fsp3) is 0.250. The molecule has 1 rings (SSSR count). The molecule has 11 heavy (non-hydrogen) atoms. The number of aldehydes is 1. The first-order chi connectivity index (χ1) is 5.33. The Hall–Kier alpha value is -0.700. The molecular formula is C8H8BrNO. The number of halogens is 1. The average molecular weight is 214 g/mol. The van der Waals surface area contributed by atoms with Gasteiger partial charge in [0.2, 0.25) is 0 Å². The maximum Gasteiger partial charge on any atom is 0.120 e. The normalized spacial score (nSPS) is 9.55. The van der Waals surface area contributed by atoms with Gasteiger partial charge in [-0.3, -0.25) is 4.98 Å². The maximum absolute atomic E-state index is 10.0. The summed E-state index contributed by atoms with van der Waals surface area (Å²) in [6.07, 6.45) is 3.93. The number of rotatable bonds is 3. The summed E-state index contributed by atoms with van der Waals surface area (Å²) in [5, 5.41) is 0. The highest BCUT2D eigenvalue weighted by Gasteiger charge is 1.92. The molecule has 1 aromatic heterocycles. The Labute approximate surface area is 73.8 Å². The van der Waals surface area contributed by atoms with E-state index < -0.39 is 0 Å². The van der Waals surface area contributed by atoms with E-state index in [1.807, 2.05) is 12.1 Å². The zero-order valence-corrected chi connectivity index (χ0v) is 7.54. The van der Waals surface area contributed by atoms with Gasteiger partial charge < -0.3 is 4.79 Å². The first-order valence-electron chi connectivity index (χ1n) is 3.37. The Balaban J connectivity index is 2.58. The van der Waals surface area contributed by atoms with Crippen molar-refractivity contribution < 1.29 is 4.79 Å². The van der Waals surface area contributed by atoms with E-state index >= 15 is 0 Å². The van der Waals surface area contributed by atoms with Crippen molar-refractivity contribution in [2.24, 2.45) is 0 Å². The molecule has 0 aliphatic carbocycles. The first-order valence-corrected chi connectivity index (χ1v) is 4.16. The molecule has 1 aromatic rings. The van der Waals surface area contributed by atoms with Gasteiger partial charge in [0.15, 0.2) is 0 Å². The van der Waals surface area contributed by atoms with E-state index in [1.165, 1.54) is 0 Å². The second kappa shape index (κ2) is 4.23. The molecule has 0 spiro atoms. The molecule has 0 aromatic carbocycles. The number of hydrogen-bond donors (Lipinski definition) is 0. The summed E-state index contributed by atoms with van der Waals surface area (Å²) in [7, 11) is 0. The summed E-state index contributed by atoms with van der Waals surface area (Å²) in [6, 6.07) is 3.83. The molecule has 3 heteroatoms. The molecule has 0 fully saturated rings. The fourth-order valence-corrected chi connectivity index (χ4v) is 0.996. The lowest BCUT2D eigenvalue weighted by Crippen LogP contribution is -1.89. The molecule has 0 saturated heterocycles. The van der Waals surface area contributed by atoms with E-state index in [0.717, 1.165) is 22.9 Å². The van der Waals surface area contributed by atoms with Gasteiger partial charge in [-0.25, -0.2) is 0 Å². The predicted octanol–water partition coefficient (Wildman–Crippen LogP) is 1.98. The maximum atomic E-state index is 10.0. The van der Waals surface area contributed by atoms with Gasteiger partial charge in [-0.05, 0) is 34.5 Å². The van der Waals surface area contributed by atoms with Crippen LogP contribution in [0.4, 0.5) is 0 Å². The summed E-state index contributed by atoms with van der Waals surface area (Å²) in [4.78, 5) is 14.1. The van der Waals surface area contributed by atoms with Gasteiger partial charge in [0.25, 0.3) is 0 Å². The summed E-state index contributed by atoms with van der Waals surface area (Å²) in [5.74, 6) is 0. The third kappa shape index (κ3) is 2.80. The van der Waals surface area contributed by atoms with Crippen molar-refractivity contribution in [2.45, 2.75) is 12.8 Å².